The van der Waals surface area contributed by atoms with Crippen molar-refractivity contribution in [2.24, 2.45) is 0 Å². The van der Waals surface area contributed by atoms with Crippen molar-refractivity contribution in [3.63, 3.8) is 0 Å². The summed E-state index contributed by atoms with van der Waals surface area (Å²) in [5.41, 5.74) is 5.89. The van der Waals surface area contributed by atoms with Crippen molar-refractivity contribution < 1.29 is 19.1 Å². The van der Waals surface area contributed by atoms with Gasteiger partial charge in [0.1, 0.15) is 11.5 Å². The van der Waals surface area contributed by atoms with Crippen LogP contribution in [0.3, 0.4) is 0 Å². The number of hydrogen-bond acceptors (Lipinski definition) is 4. The molecule has 126 valence electrons. The van der Waals surface area contributed by atoms with Gasteiger partial charge in [0, 0.05) is 4.47 Å². The molecule has 0 unspecified atom stereocenters. The van der Waals surface area contributed by atoms with Crippen LogP contribution in [0.4, 0.5) is 0 Å². The van der Waals surface area contributed by atoms with Gasteiger partial charge in [0.05, 0.1) is 26.2 Å². The van der Waals surface area contributed by atoms with E-state index in [1.165, 1.54) is 7.11 Å². The lowest BCUT2D eigenvalue weighted by molar-refractivity contribution is -0.121. The lowest BCUT2D eigenvalue weighted by Gasteiger charge is -2.11. The number of carbonyl (C=O) groups is 2. The second kappa shape index (κ2) is 8.35. The molecule has 0 spiro atoms. The smallest absolute Gasteiger partial charge is 0.273 e. The van der Waals surface area contributed by atoms with Crippen molar-refractivity contribution in [3.05, 3.63) is 58.1 Å². The molecule has 2 aromatic rings. The molecule has 2 rings (SSSR count). The predicted molar refractivity (Wildman–Crippen MR) is 93.0 cm³/mol. The monoisotopic (exact) mass is 392 g/mol. The van der Waals surface area contributed by atoms with Crippen molar-refractivity contribution in [1.29, 1.82) is 0 Å². The third kappa shape index (κ3) is 4.73. The molecule has 0 bridgehead atoms. The van der Waals surface area contributed by atoms with Crippen LogP contribution < -0.4 is 20.3 Å². The number of rotatable bonds is 5. The largest absolute Gasteiger partial charge is 0.497 e. The maximum atomic E-state index is 12.2. The van der Waals surface area contributed by atoms with Gasteiger partial charge in [-0.1, -0.05) is 28.1 Å². The zero-order valence-electron chi connectivity index (χ0n) is 13.3. The number of carbonyl (C=O) groups excluding carboxylic acids is 2. The van der Waals surface area contributed by atoms with E-state index in [-0.39, 0.29) is 12.3 Å². The van der Waals surface area contributed by atoms with Crippen molar-refractivity contribution in [2.45, 2.75) is 6.42 Å². The summed E-state index contributed by atoms with van der Waals surface area (Å²) in [5.74, 6) is 0.341. The topological polar surface area (TPSA) is 76.7 Å². The fraction of sp³-hybridized carbons (Fsp3) is 0.176. The Labute approximate surface area is 148 Å². The normalized spacial score (nSPS) is 9.96. The maximum absolute atomic E-state index is 12.2. The SMILES string of the molecule is COc1ccc(CC(=O)NNC(=O)c2cc(Br)ccc2OC)cc1. The molecule has 0 radical (unpaired) electrons. The molecule has 0 fully saturated rings. The highest BCUT2D eigenvalue weighted by molar-refractivity contribution is 9.10. The van der Waals surface area contributed by atoms with Gasteiger partial charge in [0.25, 0.3) is 5.91 Å². The summed E-state index contributed by atoms with van der Waals surface area (Å²) >= 11 is 3.30. The van der Waals surface area contributed by atoms with Gasteiger partial charge in [0.15, 0.2) is 0 Å². The minimum absolute atomic E-state index is 0.139. The molecule has 0 atom stereocenters. The molecule has 0 saturated carbocycles. The van der Waals surface area contributed by atoms with E-state index in [1.54, 1.807) is 49.6 Å². The molecule has 2 aromatic carbocycles. The minimum Gasteiger partial charge on any atom is -0.497 e. The predicted octanol–water partition coefficient (Wildman–Crippen LogP) is 2.47. The molecule has 0 heterocycles. The Bertz CT molecular complexity index is 732. The maximum Gasteiger partial charge on any atom is 0.273 e. The summed E-state index contributed by atoms with van der Waals surface area (Å²) in [6.45, 7) is 0. The summed E-state index contributed by atoms with van der Waals surface area (Å²) in [7, 11) is 3.05. The van der Waals surface area contributed by atoms with Crippen LogP contribution in [0.2, 0.25) is 0 Å². The van der Waals surface area contributed by atoms with Crippen LogP contribution in [0, 0.1) is 0 Å². The van der Waals surface area contributed by atoms with E-state index >= 15 is 0 Å². The zero-order valence-corrected chi connectivity index (χ0v) is 14.8. The summed E-state index contributed by atoms with van der Waals surface area (Å²) in [4.78, 5) is 24.1. The lowest BCUT2D eigenvalue weighted by atomic mass is 10.1. The minimum atomic E-state index is -0.462. The first kappa shape index (κ1) is 17.8. The van der Waals surface area contributed by atoms with Gasteiger partial charge in [-0.2, -0.15) is 0 Å². The fourth-order valence-electron chi connectivity index (χ4n) is 2.02. The Kier molecular flexibility index (Phi) is 6.20. The van der Waals surface area contributed by atoms with E-state index in [1.807, 2.05) is 0 Å². The van der Waals surface area contributed by atoms with Crippen LogP contribution in [-0.4, -0.2) is 26.0 Å². The third-order valence-electron chi connectivity index (χ3n) is 3.25. The molecule has 24 heavy (non-hydrogen) atoms. The van der Waals surface area contributed by atoms with Crippen LogP contribution in [0.25, 0.3) is 0 Å². The van der Waals surface area contributed by atoms with Crippen molar-refractivity contribution in [1.82, 2.24) is 10.9 Å². The molecule has 2 N–H and O–H groups in total. The number of amides is 2. The molecular formula is C17H17BrN2O4. The van der Waals surface area contributed by atoms with Gasteiger partial charge >= 0.3 is 0 Å². The van der Waals surface area contributed by atoms with Gasteiger partial charge in [-0.05, 0) is 35.9 Å². The molecule has 7 heteroatoms. The Balaban J connectivity index is 1.93. The molecule has 6 nitrogen and oxygen atoms in total. The lowest BCUT2D eigenvalue weighted by Crippen LogP contribution is -2.42. The van der Waals surface area contributed by atoms with Crippen molar-refractivity contribution >= 4 is 27.7 Å². The molecule has 0 aliphatic rings. The molecular weight excluding hydrogens is 376 g/mol. The summed E-state index contributed by atoms with van der Waals surface area (Å²) in [6, 6.07) is 12.2. The second-order valence-electron chi connectivity index (χ2n) is 4.87. The van der Waals surface area contributed by atoms with E-state index in [4.69, 9.17) is 9.47 Å². The number of methoxy groups -OCH3 is 2. The number of hydrogen-bond donors (Lipinski definition) is 2. The Morgan fingerprint density at radius 2 is 1.71 bits per heavy atom. The summed E-state index contributed by atoms with van der Waals surface area (Å²) in [6.07, 6.45) is 0.139. The Hall–Kier alpha value is -2.54. The Morgan fingerprint density at radius 1 is 1.00 bits per heavy atom. The number of hydrazine groups is 1. The molecule has 0 aliphatic heterocycles. The second-order valence-corrected chi connectivity index (χ2v) is 5.79. The fourth-order valence-corrected chi connectivity index (χ4v) is 2.39. The molecule has 0 aliphatic carbocycles. The van der Waals surface area contributed by atoms with E-state index < -0.39 is 5.91 Å². The van der Waals surface area contributed by atoms with Crippen LogP contribution in [0.1, 0.15) is 15.9 Å². The molecule has 2 amide bonds. The van der Waals surface area contributed by atoms with E-state index in [2.05, 4.69) is 26.8 Å². The Morgan fingerprint density at radius 3 is 2.33 bits per heavy atom. The third-order valence-corrected chi connectivity index (χ3v) is 3.74. The van der Waals surface area contributed by atoms with Crippen molar-refractivity contribution in [2.75, 3.05) is 14.2 Å². The standard InChI is InChI=1S/C17H17BrN2O4/c1-23-13-6-3-11(4-7-13)9-16(21)19-20-17(22)14-10-12(18)5-8-15(14)24-2/h3-8,10H,9H2,1-2H3,(H,19,21)(H,20,22). The number of benzene rings is 2. The van der Waals surface area contributed by atoms with Gasteiger partial charge in [0.2, 0.25) is 5.91 Å². The van der Waals surface area contributed by atoms with E-state index in [0.29, 0.717) is 17.1 Å². The van der Waals surface area contributed by atoms with Gasteiger partial charge in [-0.25, -0.2) is 0 Å². The van der Waals surface area contributed by atoms with E-state index in [0.717, 1.165) is 10.0 Å². The average Bonchev–Trinajstić information content (AvgIpc) is 2.60. The molecule has 0 aromatic heterocycles. The highest BCUT2D eigenvalue weighted by Gasteiger charge is 2.13. The first-order chi connectivity index (χ1) is 11.5. The van der Waals surface area contributed by atoms with Gasteiger partial charge < -0.3 is 9.47 Å². The van der Waals surface area contributed by atoms with E-state index in [9.17, 15) is 9.59 Å². The van der Waals surface area contributed by atoms with Gasteiger partial charge in [-0.3, -0.25) is 20.4 Å². The summed E-state index contributed by atoms with van der Waals surface area (Å²) < 4.78 is 10.9. The first-order valence-corrected chi connectivity index (χ1v) is 7.88. The van der Waals surface area contributed by atoms with Crippen LogP contribution >= 0.6 is 15.9 Å². The number of halogens is 1. The van der Waals surface area contributed by atoms with Crippen molar-refractivity contribution in [3.8, 4) is 11.5 Å². The first-order valence-electron chi connectivity index (χ1n) is 7.09. The highest BCUT2D eigenvalue weighted by Crippen LogP contribution is 2.22. The van der Waals surface area contributed by atoms with Crippen LogP contribution in [-0.2, 0) is 11.2 Å². The summed E-state index contributed by atoms with van der Waals surface area (Å²) in [5, 5.41) is 0. The van der Waals surface area contributed by atoms with Crippen LogP contribution in [0.5, 0.6) is 11.5 Å². The number of nitrogens with one attached hydrogen (secondary N) is 2. The van der Waals surface area contributed by atoms with Gasteiger partial charge in [-0.15, -0.1) is 0 Å². The quantitative estimate of drug-likeness (QED) is 0.766. The van der Waals surface area contributed by atoms with Crippen LogP contribution in [0.15, 0.2) is 46.9 Å². The highest BCUT2D eigenvalue weighted by atomic mass is 79.9. The zero-order chi connectivity index (χ0) is 17.5. The number of ether oxygens (including phenoxy) is 2. The molecule has 0 saturated heterocycles. The average molecular weight is 393 g/mol.